The molecule has 1 aromatic rings. The summed E-state index contributed by atoms with van der Waals surface area (Å²) in [5, 5.41) is 9.22. The lowest BCUT2D eigenvalue weighted by Gasteiger charge is -2.43. The molecule has 0 radical (unpaired) electrons. The molecular formula is C16H26N2O. The van der Waals surface area contributed by atoms with Crippen molar-refractivity contribution in [1.82, 2.24) is 9.80 Å². The summed E-state index contributed by atoms with van der Waals surface area (Å²) >= 11 is 0. The van der Waals surface area contributed by atoms with E-state index < -0.39 is 0 Å². The lowest BCUT2D eigenvalue weighted by Crippen LogP contribution is -2.56. The Hall–Kier alpha value is -0.900. The molecule has 1 unspecified atom stereocenters. The van der Waals surface area contributed by atoms with Crippen LogP contribution in [-0.2, 0) is 6.42 Å². The second-order valence-corrected chi connectivity index (χ2v) is 5.69. The van der Waals surface area contributed by atoms with Crippen LogP contribution in [0.2, 0.25) is 0 Å². The highest BCUT2D eigenvalue weighted by Gasteiger charge is 2.27. The van der Waals surface area contributed by atoms with Crippen molar-refractivity contribution in [1.29, 1.82) is 0 Å². The van der Waals surface area contributed by atoms with Crippen molar-refractivity contribution < 1.29 is 5.11 Å². The average molecular weight is 262 g/mol. The van der Waals surface area contributed by atoms with Crippen LogP contribution in [0.1, 0.15) is 19.4 Å². The minimum atomic E-state index is 0.257. The molecule has 0 spiro atoms. The zero-order chi connectivity index (χ0) is 13.7. The van der Waals surface area contributed by atoms with E-state index in [1.54, 1.807) is 0 Å². The molecule has 0 aromatic heterocycles. The number of nitrogens with zero attached hydrogens (tertiary/aromatic N) is 2. The van der Waals surface area contributed by atoms with Crippen molar-refractivity contribution >= 4 is 0 Å². The lowest BCUT2D eigenvalue weighted by atomic mass is 10.0. The number of β-amino-alcohol motifs (C(OH)–C–C–N with tert-alkyl or cyclic N) is 1. The van der Waals surface area contributed by atoms with Crippen LogP contribution in [-0.4, -0.2) is 59.8 Å². The maximum absolute atomic E-state index is 9.22. The molecule has 2 rings (SSSR count). The molecule has 0 aliphatic carbocycles. The fourth-order valence-electron chi connectivity index (χ4n) is 2.89. The predicted octanol–water partition coefficient (Wildman–Crippen LogP) is 1.62. The number of benzene rings is 1. The SMILES string of the molecule is CC(C)N1CCN(CCO)C(Cc2ccccc2)C1. The molecule has 0 saturated carbocycles. The molecular weight excluding hydrogens is 236 g/mol. The normalized spacial score (nSPS) is 22.0. The Morgan fingerprint density at radius 3 is 2.58 bits per heavy atom. The van der Waals surface area contributed by atoms with Crippen molar-refractivity contribution in [2.45, 2.75) is 32.4 Å². The van der Waals surface area contributed by atoms with Gasteiger partial charge in [0.15, 0.2) is 0 Å². The van der Waals surface area contributed by atoms with E-state index >= 15 is 0 Å². The van der Waals surface area contributed by atoms with Crippen LogP contribution in [0.25, 0.3) is 0 Å². The Morgan fingerprint density at radius 2 is 1.95 bits per heavy atom. The molecule has 1 aromatic carbocycles. The third-order valence-corrected chi connectivity index (χ3v) is 4.07. The van der Waals surface area contributed by atoms with Crippen LogP contribution in [0.3, 0.4) is 0 Å². The summed E-state index contributed by atoms with van der Waals surface area (Å²) in [7, 11) is 0. The number of rotatable bonds is 5. The summed E-state index contributed by atoms with van der Waals surface area (Å²) in [6.45, 7) is 8.87. The second-order valence-electron chi connectivity index (χ2n) is 5.69. The van der Waals surface area contributed by atoms with E-state index in [4.69, 9.17) is 0 Å². The van der Waals surface area contributed by atoms with Gasteiger partial charge in [-0.3, -0.25) is 9.80 Å². The molecule has 1 aliphatic heterocycles. The van der Waals surface area contributed by atoms with E-state index in [0.717, 1.165) is 32.6 Å². The van der Waals surface area contributed by atoms with E-state index in [1.807, 2.05) is 0 Å². The van der Waals surface area contributed by atoms with Gasteiger partial charge in [0.25, 0.3) is 0 Å². The first-order valence-electron chi connectivity index (χ1n) is 7.33. The third kappa shape index (κ3) is 4.03. The first-order chi connectivity index (χ1) is 9.20. The highest BCUT2D eigenvalue weighted by Crippen LogP contribution is 2.16. The van der Waals surface area contributed by atoms with Gasteiger partial charge in [-0.2, -0.15) is 0 Å². The maximum Gasteiger partial charge on any atom is 0.0558 e. The predicted molar refractivity (Wildman–Crippen MR) is 79.3 cm³/mol. The summed E-state index contributed by atoms with van der Waals surface area (Å²) in [5.74, 6) is 0. The average Bonchev–Trinajstić information content (AvgIpc) is 2.42. The first kappa shape index (κ1) is 14.5. The standard InChI is InChI=1S/C16H26N2O/c1-14(2)18-9-8-17(10-11-19)16(13-18)12-15-6-4-3-5-7-15/h3-7,14,16,19H,8-13H2,1-2H3. The summed E-state index contributed by atoms with van der Waals surface area (Å²) in [5.41, 5.74) is 1.39. The quantitative estimate of drug-likeness (QED) is 0.873. The van der Waals surface area contributed by atoms with Gasteiger partial charge in [0.2, 0.25) is 0 Å². The Labute approximate surface area is 116 Å². The Kier molecular flexibility index (Phi) is 5.37. The van der Waals surface area contributed by atoms with Crippen LogP contribution >= 0.6 is 0 Å². The second kappa shape index (κ2) is 7.04. The van der Waals surface area contributed by atoms with Crippen LogP contribution < -0.4 is 0 Å². The Morgan fingerprint density at radius 1 is 1.21 bits per heavy atom. The molecule has 1 aliphatic rings. The Bertz CT molecular complexity index is 366. The minimum absolute atomic E-state index is 0.257. The van der Waals surface area contributed by atoms with Gasteiger partial charge < -0.3 is 5.11 Å². The zero-order valence-electron chi connectivity index (χ0n) is 12.1. The fraction of sp³-hybridized carbons (Fsp3) is 0.625. The monoisotopic (exact) mass is 262 g/mol. The molecule has 1 fully saturated rings. The smallest absolute Gasteiger partial charge is 0.0558 e. The van der Waals surface area contributed by atoms with Crippen molar-refractivity contribution in [3.05, 3.63) is 35.9 Å². The highest BCUT2D eigenvalue weighted by atomic mass is 16.3. The van der Waals surface area contributed by atoms with Gasteiger partial charge in [0.1, 0.15) is 0 Å². The molecule has 3 nitrogen and oxygen atoms in total. The zero-order valence-corrected chi connectivity index (χ0v) is 12.1. The van der Waals surface area contributed by atoms with E-state index in [9.17, 15) is 5.11 Å². The molecule has 0 bridgehead atoms. The van der Waals surface area contributed by atoms with Crippen LogP contribution in [0, 0.1) is 0 Å². The topological polar surface area (TPSA) is 26.7 Å². The number of piperazine rings is 1. The van der Waals surface area contributed by atoms with Crippen molar-refractivity contribution in [2.24, 2.45) is 0 Å². The summed E-state index contributed by atoms with van der Waals surface area (Å²) in [6.07, 6.45) is 1.07. The lowest BCUT2D eigenvalue weighted by molar-refractivity contribution is 0.0452. The van der Waals surface area contributed by atoms with Gasteiger partial charge in [-0.05, 0) is 25.8 Å². The van der Waals surface area contributed by atoms with Gasteiger partial charge >= 0.3 is 0 Å². The molecule has 19 heavy (non-hydrogen) atoms. The van der Waals surface area contributed by atoms with Crippen LogP contribution in [0.5, 0.6) is 0 Å². The largest absolute Gasteiger partial charge is 0.395 e. The maximum atomic E-state index is 9.22. The molecule has 1 atom stereocenters. The Balaban J connectivity index is 2.03. The summed E-state index contributed by atoms with van der Waals surface area (Å²) in [4.78, 5) is 4.98. The van der Waals surface area contributed by atoms with E-state index in [0.29, 0.717) is 12.1 Å². The first-order valence-corrected chi connectivity index (χ1v) is 7.33. The number of hydrogen-bond donors (Lipinski definition) is 1. The van der Waals surface area contributed by atoms with Gasteiger partial charge in [-0.15, -0.1) is 0 Å². The van der Waals surface area contributed by atoms with E-state index in [1.165, 1.54) is 5.56 Å². The molecule has 1 heterocycles. The minimum Gasteiger partial charge on any atom is -0.395 e. The molecule has 0 amide bonds. The van der Waals surface area contributed by atoms with Gasteiger partial charge in [-0.1, -0.05) is 30.3 Å². The van der Waals surface area contributed by atoms with Crippen molar-refractivity contribution in [3.8, 4) is 0 Å². The van der Waals surface area contributed by atoms with Gasteiger partial charge in [-0.25, -0.2) is 0 Å². The number of aliphatic hydroxyl groups is 1. The number of hydrogen-bond acceptors (Lipinski definition) is 3. The molecule has 3 heteroatoms. The van der Waals surface area contributed by atoms with Gasteiger partial charge in [0, 0.05) is 38.3 Å². The van der Waals surface area contributed by atoms with E-state index in [2.05, 4.69) is 54.0 Å². The molecule has 106 valence electrons. The summed E-state index contributed by atoms with van der Waals surface area (Å²) < 4.78 is 0. The molecule has 1 saturated heterocycles. The third-order valence-electron chi connectivity index (χ3n) is 4.07. The molecule has 1 N–H and O–H groups in total. The number of aliphatic hydroxyl groups excluding tert-OH is 1. The summed E-state index contributed by atoms with van der Waals surface area (Å²) in [6, 6.07) is 11.8. The van der Waals surface area contributed by atoms with Gasteiger partial charge in [0.05, 0.1) is 6.61 Å². The van der Waals surface area contributed by atoms with E-state index in [-0.39, 0.29) is 6.61 Å². The van der Waals surface area contributed by atoms with Crippen LogP contribution in [0.15, 0.2) is 30.3 Å². The fourth-order valence-corrected chi connectivity index (χ4v) is 2.89. The van der Waals surface area contributed by atoms with Crippen molar-refractivity contribution in [3.63, 3.8) is 0 Å². The highest BCUT2D eigenvalue weighted by molar-refractivity contribution is 5.16. The van der Waals surface area contributed by atoms with Crippen molar-refractivity contribution in [2.75, 3.05) is 32.8 Å². The van der Waals surface area contributed by atoms with Crippen LogP contribution in [0.4, 0.5) is 0 Å².